The third kappa shape index (κ3) is 6.09. The second-order valence-corrected chi connectivity index (χ2v) is 8.96. The van der Waals surface area contributed by atoms with E-state index in [0.29, 0.717) is 22.2 Å². The monoisotopic (exact) mass is 539 g/mol. The van der Waals surface area contributed by atoms with Gasteiger partial charge in [0.2, 0.25) is 5.91 Å². The molecule has 0 fully saturated rings. The van der Waals surface area contributed by atoms with Gasteiger partial charge in [0.05, 0.1) is 12.3 Å². The van der Waals surface area contributed by atoms with Crippen molar-refractivity contribution in [3.8, 4) is 5.69 Å². The maximum Gasteiger partial charge on any atom is 0.251 e. The van der Waals surface area contributed by atoms with Gasteiger partial charge >= 0.3 is 0 Å². The molecule has 3 aromatic carbocycles. The fourth-order valence-electron chi connectivity index (χ4n) is 3.07. The number of nitrogens with one attached hydrogen (secondary N) is 2. The van der Waals surface area contributed by atoms with Crippen molar-refractivity contribution in [2.45, 2.75) is 11.7 Å². The predicted molar refractivity (Wildman–Crippen MR) is 132 cm³/mol. The summed E-state index contributed by atoms with van der Waals surface area (Å²) in [6, 6.07) is 22.0. The van der Waals surface area contributed by atoms with Gasteiger partial charge in [0.1, 0.15) is 5.82 Å². The molecule has 4 aromatic rings. The molecule has 2 N–H and O–H groups in total. The Kier molecular flexibility index (Phi) is 7.71. The Balaban J connectivity index is 1.49. The SMILES string of the molecule is O=C(CSc1nnc(CNC(=O)c2ccccc2)n1-c1ccc(Br)cc1)Nc1ccc(F)cc1. The molecule has 7 nitrogen and oxygen atoms in total. The predicted octanol–water partition coefficient (Wildman–Crippen LogP) is 4.83. The van der Waals surface area contributed by atoms with Gasteiger partial charge in [-0.15, -0.1) is 10.2 Å². The Labute approximate surface area is 207 Å². The fourth-order valence-corrected chi connectivity index (χ4v) is 4.10. The van der Waals surface area contributed by atoms with Gasteiger partial charge in [-0.25, -0.2) is 4.39 Å². The largest absolute Gasteiger partial charge is 0.345 e. The van der Waals surface area contributed by atoms with Crippen molar-refractivity contribution in [1.29, 1.82) is 0 Å². The van der Waals surface area contributed by atoms with Crippen molar-refractivity contribution < 1.29 is 14.0 Å². The molecule has 34 heavy (non-hydrogen) atoms. The molecule has 0 atom stereocenters. The summed E-state index contributed by atoms with van der Waals surface area (Å²) >= 11 is 4.63. The van der Waals surface area contributed by atoms with E-state index in [1.807, 2.05) is 30.3 Å². The number of hydrogen-bond acceptors (Lipinski definition) is 5. The Morgan fingerprint density at radius 1 is 0.941 bits per heavy atom. The summed E-state index contributed by atoms with van der Waals surface area (Å²) in [6.45, 7) is 0.152. The van der Waals surface area contributed by atoms with Crippen LogP contribution in [0.25, 0.3) is 5.69 Å². The Morgan fingerprint density at radius 3 is 2.35 bits per heavy atom. The summed E-state index contributed by atoms with van der Waals surface area (Å²) in [5.74, 6) is -0.266. The highest BCUT2D eigenvalue weighted by atomic mass is 79.9. The van der Waals surface area contributed by atoms with Crippen molar-refractivity contribution in [3.63, 3.8) is 0 Å². The highest BCUT2D eigenvalue weighted by molar-refractivity contribution is 9.10. The first-order valence-electron chi connectivity index (χ1n) is 10.2. The minimum atomic E-state index is -0.373. The van der Waals surface area contributed by atoms with Crippen molar-refractivity contribution in [3.05, 3.63) is 101 Å². The van der Waals surface area contributed by atoms with E-state index in [4.69, 9.17) is 0 Å². The number of carbonyl (C=O) groups is 2. The summed E-state index contributed by atoms with van der Waals surface area (Å²) in [7, 11) is 0. The van der Waals surface area contributed by atoms with E-state index < -0.39 is 0 Å². The molecule has 0 aliphatic heterocycles. The summed E-state index contributed by atoms with van der Waals surface area (Å²) in [5.41, 5.74) is 1.84. The van der Waals surface area contributed by atoms with Crippen LogP contribution in [0, 0.1) is 5.82 Å². The second kappa shape index (κ2) is 11.1. The van der Waals surface area contributed by atoms with Crippen LogP contribution in [0.5, 0.6) is 0 Å². The third-order valence-corrected chi connectivity index (χ3v) is 6.15. The van der Waals surface area contributed by atoms with Gasteiger partial charge in [0.25, 0.3) is 5.91 Å². The maximum absolute atomic E-state index is 13.1. The Morgan fingerprint density at radius 2 is 1.65 bits per heavy atom. The number of aromatic nitrogens is 3. The molecule has 172 valence electrons. The van der Waals surface area contributed by atoms with Crippen molar-refractivity contribution >= 4 is 45.2 Å². The lowest BCUT2D eigenvalue weighted by Gasteiger charge is -2.11. The second-order valence-electron chi connectivity index (χ2n) is 7.10. The molecule has 10 heteroatoms. The number of thioether (sulfide) groups is 1. The average Bonchev–Trinajstić information content (AvgIpc) is 3.26. The Bertz CT molecular complexity index is 1280. The molecule has 0 saturated heterocycles. The lowest BCUT2D eigenvalue weighted by molar-refractivity contribution is -0.113. The van der Waals surface area contributed by atoms with E-state index in [-0.39, 0.29) is 29.9 Å². The van der Waals surface area contributed by atoms with Crippen molar-refractivity contribution in [2.24, 2.45) is 0 Å². The molecule has 2 amide bonds. The molecular weight excluding hydrogens is 521 g/mol. The van der Waals surface area contributed by atoms with Crippen LogP contribution in [0.3, 0.4) is 0 Å². The highest BCUT2D eigenvalue weighted by Crippen LogP contribution is 2.24. The number of nitrogens with zero attached hydrogens (tertiary/aromatic N) is 3. The molecule has 1 aromatic heterocycles. The van der Waals surface area contributed by atoms with Gasteiger partial charge in [-0.2, -0.15) is 0 Å². The van der Waals surface area contributed by atoms with E-state index in [9.17, 15) is 14.0 Å². The fraction of sp³-hybridized carbons (Fsp3) is 0.0833. The first-order chi connectivity index (χ1) is 16.5. The van der Waals surface area contributed by atoms with E-state index in [0.717, 1.165) is 10.2 Å². The maximum atomic E-state index is 13.1. The first kappa shape index (κ1) is 23.7. The normalized spacial score (nSPS) is 10.6. The number of hydrogen-bond donors (Lipinski definition) is 2. The highest BCUT2D eigenvalue weighted by Gasteiger charge is 2.17. The minimum absolute atomic E-state index is 0.0718. The van der Waals surface area contributed by atoms with Crippen LogP contribution >= 0.6 is 27.7 Å². The van der Waals surface area contributed by atoms with Gasteiger partial charge in [-0.1, -0.05) is 45.9 Å². The number of amides is 2. The molecule has 1 heterocycles. The standard InChI is InChI=1S/C24H19BrFN5O2S/c25-17-6-12-20(13-7-17)31-21(14-27-23(33)16-4-2-1-3-5-16)29-30-24(31)34-15-22(32)28-19-10-8-18(26)9-11-19/h1-13H,14-15H2,(H,27,33)(H,28,32). The molecular formula is C24H19BrFN5O2S. The number of rotatable bonds is 8. The summed E-state index contributed by atoms with van der Waals surface area (Å²) in [4.78, 5) is 24.9. The van der Waals surface area contributed by atoms with Gasteiger partial charge in [-0.3, -0.25) is 14.2 Å². The van der Waals surface area contributed by atoms with Crippen LogP contribution in [0.4, 0.5) is 10.1 Å². The molecule has 0 aliphatic carbocycles. The molecule has 0 saturated carbocycles. The molecule has 0 radical (unpaired) electrons. The average molecular weight is 540 g/mol. The number of anilines is 1. The lowest BCUT2D eigenvalue weighted by atomic mass is 10.2. The zero-order valence-corrected chi connectivity index (χ0v) is 20.1. The van der Waals surface area contributed by atoms with Gasteiger partial charge in [0, 0.05) is 21.4 Å². The van der Waals surface area contributed by atoms with E-state index in [2.05, 4.69) is 36.8 Å². The van der Waals surface area contributed by atoms with Crippen LogP contribution in [-0.2, 0) is 11.3 Å². The summed E-state index contributed by atoms with van der Waals surface area (Å²) < 4.78 is 15.8. The zero-order valence-electron chi connectivity index (χ0n) is 17.7. The van der Waals surface area contributed by atoms with E-state index in [1.165, 1.54) is 36.0 Å². The first-order valence-corrected chi connectivity index (χ1v) is 12.0. The third-order valence-electron chi connectivity index (χ3n) is 4.69. The zero-order chi connectivity index (χ0) is 23.9. The smallest absolute Gasteiger partial charge is 0.251 e. The van der Waals surface area contributed by atoms with Crippen LogP contribution in [-0.4, -0.2) is 32.3 Å². The van der Waals surface area contributed by atoms with E-state index >= 15 is 0 Å². The van der Waals surface area contributed by atoms with Crippen LogP contribution < -0.4 is 10.6 Å². The number of benzene rings is 3. The van der Waals surface area contributed by atoms with E-state index in [1.54, 1.807) is 28.8 Å². The molecule has 0 bridgehead atoms. The van der Waals surface area contributed by atoms with Crippen LogP contribution in [0.15, 0.2) is 88.5 Å². The summed E-state index contributed by atoms with van der Waals surface area (Å²) in [6.07, 6.45) is 0. The number of halogens is 2. The molecule has 0 unspecified atom stereocenters. The molecule has 0 aliphatic rings. The quantitative estimate of drug-likeness (QED) is 0.313. The molecule has 4 rings (SSSR count). The van der Waals surface area contributed by atoms with Crippen LogP contribution in [0.1, 0.15) is 16.2 Å². The number of carbonyl (C=O) groups excluding carboxylic acids is 2. The summed E-state index contributed by atoms with van der Waals surface area (Å²) in [5, 5.41) is 14.6. The lowest BCUT2D eigenvalue weighted by Crippen LogP contribution is -2.24. The van der Waals surface area contributed by atoms with Crippen LogP contribution in [0.2, 0.25) is 0 Å². The topological polar surface area (TPSA) is 88.9 Å². The van der Waals surface area contributed by atoms with Gasteiger partial charge < -0.3 is 10.6 Å². The van der Waals surface area contributed by atoms with Gasteiger partial charge in [0.15, 0.2) is 11.0 Å². The van der Waals surface area contributed by atoms with Gasteiger partial charge in [-0.05, 0) is 60.7 Å². The minimum Gasteiger partial charge on any atom is -0.345 e. The Hall–Kier alpha value is -3.50. The molecule has 0 spiro atoms. The van der Waals surface area contributed by atoms with Crippen molar-refractivity contribution in [1.82, 2.24) is 20.1 Å². The van der Waals surface area contributed by atoms with Crippen molar-refractivity contribution in [2.75, 3.05) is 11.1 Å².